The summed E-state index contributed by atoms with van der Waals surface area (Å²) in [5.41, 5.74) is 3.15. The van der Waals surface area contributed by atoms with E-state index in [1.807, 2.05) is 60.7 Å². The van der Waals surface area contributed by atoms with Gasteiger partial charge in [-0.2, -0.15) is 0 Å². The standard InChI is InChI=1S/C22H18N4O2/c1-3-9-23-17(5-1)15-27-19-7-11-25-21(13-19)22-14-20(8-12-26-22)28-16-18-6-2-4-10-24-18/h1-14H,15-16H2. The highest BCUT2D eigenvalue weighted by molar-refractivity contribution is 5.57. The number of hydrogen-bond acceptors (Lipinski definition) is 6. The van der Waals surface area contributed by atoms with Crippen LogP contribution in [0.1, 0.15) is 11.4 Å². The highest BCUT2D eigenvalue weighted by Crippen LogP contribution is 2.23. The van der Waals surface area contributed by atoms with Crippen LogP contribution in [0.15, 0.2) is 85.5 Å². The van der Waals surface area contributed by atoms with Crippen LogP contribution in [0.2, 0.25) is 0 Å². The Hall–Kier alpha value is -3.80. The topological polar surface area (TPSA) is 70.0 Å². The molecule has 0 fully saturated rings. The van der Waals surface area contributed by atoms with Crippen LogP contribution in [0.3, 0.4) is 0 Å². The van der Waals surface area contributed by atoms with Crippen LogP contribution in [-0.2, 0) is 13.2 Å². The summed E-state index contributed by atoms with van der Waals surface area (Å²) in [5, 5.41) is 0. The van der Waals surface area contributed by atoms with Gasteiger partial charge in [-0.1, -0.05) is 12.1 Å². The van der Waals surface area contributed by atoms with Gasteiger partial charge in [0.15, 0.2) is 0 Å². The monoisotopic (exact) mass is 370 g/mol. The van der Waals surface area contributed by atoms with Crippen molar-refractivity contribution in [2.24, 2.45) is 0 Å². The summed E-state index contributed by atoms with van der Waals surface area (Å²) in [7, 11) is 0. The van der Waals surface area contributed by atoms with Crippen molar-refractivity contribution in [2.45, 2.75) is 13.2 Å². The molecule has 4 heterocycles. The van der Waals surface area contributed by atoms with E-state index in [4.69, 9.17) is 9.47 Å². The summed E-state index contributed by atoms with van der Waals surface area (Å²) >= 11 is 0. The lowest BCUT2D eigenvalue weighted by Gasteiger charge is -2.09. The molecule has 6 heteroatoms. The molecule has 0 radical (unpaired) electrons. The lowest BCUT2D eigenvalue weighted by molar-refractivity contribution is 0.300. The van der Waals surface area contributed by atoms with Gasteiger partial charge in [-0.3, -0.25) is 19.9 Å². The Morgan fingerprint density at radius 2 is 1.04 bits per heavy atom. The zero-order valence-electron chi connectivity index (χ0n) is 15.1. The molecule has 0 spiro atoms. The maximum Gasteiger partial charge on any atom is 0.130 e. The van der Waals surface area contributed by atoms with Gasteiger partial charge in [0, 0.05) is 36.9 Å². The van der Waals surface area contributed by atoms with E-state index in [9.17, 15) is 0 Å². The summed E-state index contributed by atoms with van der Waals surface area (Å²) in [6.07, 6.45) is 6.90. The van der Waals surface area contributed by atoms with E-state index >= 15 is 0 Å². The van der Waals surface area contributed by atoms with E-state index in [0.717, 1.165) is 11.4 Å². The summed E-state index contributed by atoms with van der Waals surface area (Å²) in [6.45, 7) is 0.788. The minimum Gasteiger partial charge on any atom is -0.487 e. The van der Waals surface area contributed by atoms with Crippen molar-refractivity contribution in [2.75, 3.05) is 0 Å². The maximum absolute atomic E-state index is 5.82. The Kier molecular flexibility index (Phi) is 5.49. The molecule has 0 N–H and O–H groups in total. The minimum absolute atomic E-state index is 0.394. The Morgan fingerprint density at radius 1 is 0.536 bits per heavy atom. The van der Waals surface area contributed by atoms with Crippen molar-refractivity contribution in [3.63, 3.8) is 0 Å². The normalized spacial score (nSPS) is 10.4. The van der Waals surface area contributed by atoms with Crippen LogP contribution in [0.5, 0.6) is 11.5 Å². The zero-order chi connectivity index (χ0) is 19.0. The molecule has 4 aromatic heterocycles. The van der Waals surface area contributed by atoms with E-state index < -0.39 is 0 Å². The third-order valence-corrected chi connectivity index (χ3v) is 3.95. The Labute approximate surface area is 162 Å². The van der Waals surface area contributed by atoms with Gasteiger partial charge in [0.05, 0.1) is 22.8 Å². The van der Waals surface area contributed by atoms with Gasteiger partial charge >= 0.3 is 0 Å². The first-order chi connectivity index (χ1) is 13.9. The second-order valence-corrected chi connectivity index (χ2v) is 5.97. The van der Waals surface area contributed by atoms with Gasteiger partial charge in [-0.25, -0.2) is 0 Å². The third kappa shape index (κ3) is 4.67. The summed E-state index contributed by atoms with van der Waals surface area (Å²) in [5.74, 6) is 1.41. The van der Waals surface area contributed by atoms with E-state index in [2.05, 4.69) is 19.9 Å². The average molecular weight is 370 g/mol. The van der Waals surface area contributed by atoms with Crippen molar-refractivity contribution in [3.8, 4) is 22.9 Å². The molecule has 0 aliphatic carbocycles. The lowest BCUT2D eigenvalue weighted by atomic mass is 10.2. The van der Waals surface area contributed by atoms with E-state index in [-0.39, 0.29) is 0 Å². The molecule has 28 heavy (non-hydrogen) atoms. The Morgan fingerprint density at radius 3 is 1.46 bits per heavy atom. The van der Waals surface area contributed by atoms with Crippen LogP contribution in [0.25, 0.3) is 11.4 Å². The molecule has 4 aromatic rings. The van der Waals surface area contributed by atoms with Crippen LogP contribution in [-0.4, -0.2) is 19.9 Å². The quantitative estimate of drug-likeness (QED) is 0.488. The number of hydrogen-bond donors (Lipinski definition) is 0. The first-order valence-electron chi connectivity index (χ1n) is 8.85. The van der Waals surface area contributed by atoms with Crippen molar-refractivity contribution in [1.82, 2.24) is 19.9 Å². The number of ether oxygens (including phenoxy) is 2. The summed E-state index contributed by atoms with van der Waals surface area (Å²) in [6, 6.07) is 18.8. The number of rotatable bonds is 7. The van der Waals surface area contributed by atoms with Crippen molar-refractivity contribution in [3.05, 3.63) is 96.8 Å². The molecule has 138 valence electrons. The van der Waals surface area contributed by atoms with Gasteiger partial charge in [-0.15, -0.1) is 0 Å². The number of pyridine rings is 4. The smallest absolute Gasteiger partial charge is 0.130 e. The molecule has 0 bridgehead atoms. The molecule has 0 amide bonds. The molecule has 0 saturated carbocycles. The fraction of sp³-hybridized carbons (Fsp3) is 0.0909. The Bertz CT molecular complexity index is 942. The maximum atomic E-state index is 5.82. The summed E-state index contributed by atoms with van der Waals surface area (Å²) in [4.78, 5) is 17.3. The second-order valence-electron chi connectivity index (χ2n) is 5.97. The highest BCUT2D eigenvalue weighted by atomic mass is 16.5. The molecule has 6 nitrogen and oxygen atoms in total. The van der Waals surface area contributed by atoms with Gasteiger partial charge in [0.2, 0.25) is 0 Å². The predicted molar refractivity (Wildman–Crippen MR) is 105 cm³/mol. The van der Waals surface area contributed by atoms with E-state index in [1.165, 1.54) is 0 Å². The van der Waals surface area contributed by atoms with Crippen LogP contribution >= 0.6 is 0 Å². The van der Waals surface area contributed by atoms with Crippen molar-refractivity contribution < 1.29 is 9.47 Å². The first-order valence-corrected chi connectivity index (χ1v) is 8.85. The molecule has 0 aliphatic rings. The van der Waals surface area contributed by atoms with Gasteiger partial charge < -0.3 is 9.47 Å². The second kappa shape index (κ2) is 8.73. The fourth-order valence-electron chi connectivity index (χ4n) is 2.56. The zero-order valence-corrected chi connectivity index (χ0v) is 15.1. The third-order valence-electron chi connectivity index (χ3n) is 3.95. The number of aromatic nitrogens is 4. The molecule has 0 unspecified atom stereocenters. The van der Waals surface area contributed by atoms with Crippen molar-refractivity contribution >= 4 is 0 Å². The van der Waals surface area contributed by atoms with Gasteiger partial charge in [-0.05, 0) is 36.4 Å². The van der Waals surface area contributed by atoms with Gasteiger partial charge in [0.25, 0.3) is 0 Å². The molecule has 0 saturated heterocycles. The minimum atomic E-state index is 0.394. The fourth-order valence-corrected chi connectivity index (χ4v) is 2.56. The molecule has 4 rings (SSSR count). The molecule has 0 aliphatic heterocycles. The average Bonchev–Trinajstić information content (AvgIpc) is 2.78. The van der Waals surface area contributed by atoms with E-state index in [1.54, 1.807) is 24.8 Å². The van der Waals surface area contributed by atoms with Gasteiger partial charge in [0.1, 0.15) is 24.7 Å². The summed E-state index contributed by atoms with van der Waals surface area (Å²) < 4.78 is 11.6. The number of nitrogens with zero attached hydrogens (tertiary/aromatic N) is 4. The van der Waals surface area contributed by atoms with Crippen LogP contribution < -0.4 is 9.47 Å². The highest BCUT2D eigenvalue weighted by Gasteiger charge is 2.06. The lowest BCUT2D eigenvalue weighted by Crippen LogP contribution is -1.99. The largest absolute Gasteiger partial charge is 0.487 e. The molecule has 0 aromatic carbocycles. The molecular formula is C22H18N4O2. The Balaban J connectivity index is 1.45. The SMILES string of the molecule is c1ccc(COc2ccnc(-c3cc(OCc4ccccn4)ccn3)c2)nc1. The molecule has 0 atom stereocenters. The van der Waals surface area contributed by atoms with Crippen LogP contribution in [0.4, 0.5) is 0 Å². The van der Waals surface area contributed by atoms with E-state index in [0.29, 0.717) is 36.1 Å². The van der Waals surface area contributed by atoms with Crippen LogP contribution in [0, 0.1) is 0 Å². The predicted octanol–water partition coefficient (Wildman–Crippen LogP) is 4.09. The molecular weight excluding hydrogens is 352 g/mol. The first kappa shape index (κ1) is 17.6. The van der Waals surface area contributed by atoms with Crippen molar-refractivity contribution in [1.29, 1.82) is 0 Å².